The molecule has 0 radical (unpaired) electrons. The molecule has 44 heavy (non-hydrogen) atoms. The van der Waals surface area contributed by atoms with Crippen LogP contribution in [0.4, 0.5) is 30.7 Å². The molecular formula is C31H24F7N3O3. The summed E-state index contributed by atoms with van der Waals surface area (Å²) in [6.45, 7) is 4.73. The second-order valence-electron chi connectivity index (χ2n) is 10.2. The van der Waals surface area contributed by atoms with E-state index in [9.17, 15) is 35.8 Å². The van der Waals surface area contributed by atoms with Crippen LogP contribution in [-0.2, 0) is 12.8 Å². The number of aromatic nitrogens is 3. The average Bonchev–Trinajstić information content (AvgIpc) is 3.61. The highest BCUT2D eigenvalue weighted by Crippen LogP contribution is 2.41. The molecule has 0 saturated carbocycles. The summed E-state index contributed by atoms with van der Waals surface area (Å²) in [6, 6.07) is 13.2. The molecule has 0 amide bonds. The first-order valence-corrected chi connectivity index (χ1v) is 13.2. The minimum Gasteiger partial charge on any atom is -0.440 e. The van der Waals surface area contributed by atoms with Crippen LogP contribution in [0.5, 0.6) is 5.75 Å². The second-order valence-corrected chi connectivity index (χ2v) is 10.2. The third-order valence-electron chi connectivity index (χ3n) is 6.78. The molecular weight excluding hydrogens is 595 g/mol. The smallest absolute Gasteiger partial charge is 0.440 e. The molecule has 6 nitrogen and oxygen atoms in total. The number of aryl methyl sites for hydroxylation is 1. The first-order valence-electron chi connectivity index (χ1n) is 13.2. The monoisotopic (exact) mass is 619 g/mol. The molecule has 5 rings (SSSR count). The molecule has 13 heteroatoms. The second kappa shape index (κ2) is 11.5. The first-order chi connectivity index (χ1) is 20.6. The van der Waals surface area contributed by atoms with Gasteiger partial charge in [-0.3, -0.25) is 0 Å². The lowest BCUT2D eigenvalue weighted by molar-refractivity contribution is -0.274. The predicted octanol–water partition coefficient (Wildman–Crippen LogP) is 8.84. The van der Waals surface area contributed by atoms with E-state index in [0.717, 1.165) is 29.1 Å². The summed E-state index contributed by atoms with van der Waals surface area (Å²) in [7, 11) is 0. The van der Waals surface area contributed by atoms with Crippen LogP contribution >= 0.6 is 0 Å². The van der Waals surface area contributed by atoms with Crippen molar-refractivity contribution in [2.24, 2.45) is 0 Å². The molecule has 1 N–H and O–H groups in total. The lowest BCUT2D eigenvalue weighted by Crippen LogP contribution is -2.16. The van der Waals surface area contributed by atoms with Crippen LogP contribution in [0.2, 0.25) is 0 Å². The van der Waals surface area contributed by atoms with E-state index in [1.54, 1.807) is 39.0 Å². The van der Waals surface area contributed by atoms with Crippen LogP contribution in [0.25, 0.3) is 39.4 Å². The molecule has 5 aromatic rings. The maximum absolute atomic E-state index is 14.8. The highest BCUT2D eigenvalue weighted by atomic mass is 19.4. The van der Waals surface area contributed by atoms with E-state index in [-0.39, 0.29) is 40.1 Å². The number of nitrogens with zero attached hydrogens (tertiary/aromatic N) is 3. The molecule has 0 unspecified atom stereocenters. The summed E-state index contributed by atoms with van der Waals surface area (Å²) < 4.78 is 104. The van der Waals surface area contributed by atoms with Gasteiger partial charge in [0.25, 0.3) is 0 Å². The maximum Gasteiger partial charge on any atom is 0.573 e. The van der Waals surface area contributed by atoms with Crippen molar-refractivity contribution in [3.05, 3.63) is 95.4 Å². The Labute approximate surface area is 246 Å². The molecule has 0 aliphatic rings. The van der Waals surface area contributed by atoms with Crippen molar-refractivity contribution in [2.45, 2.75) is 45.8 Å². The van der Waals surface area contributed by atoms with E-state index in [2.05, 4.69) is 14.8 Å². The lowest BCUT2D eigenvalue weighted by Gasteiger charge is -2.14. The molecule has 0 fully saturated rings. The number of benzene rings is 3. The topological polar surface area (TPSA) is 73.3 Å². The molecule has 0 spiro atoms. The van der Waals surface area contributed by atoms with Gasteiger partial charge >= 0.3 is 12.5 Å². The summed E-state index contributed by atoms with van der Waals surface area (Å²) in [4.78, 5) is 4.63. The third-order valence-corrected chi connectivity index (χ3v) is 6.78. The Balaban J connectivity index is 1.73. The van der Waals surface area contributed by atoms with Gasteiger partial charge in [-0.2, -0.15) is 18.3 Å². The minimum absolute atomic E-state index is 0.125. The van der Waals surface area contributed by atoms with Gasteiger partial charge in [0, 0.05) is 28.8 Å². The Morgan fingerprint density at radius 2 is 1.59 bits per heavy atom. The number of hydrogen-bond donors (Lipinski definition) is 1. The molecule has 0 aliphatic carbocycles. The third kappa shape index (κ3) is 6.32. The van der Waals surface area contributed by atoms with Crippen LogP contribution in [0.3, 0.4) is 0 Å². The van der Waals surface area contributed by atoms with Gasteiger partial charge in [0.15, 0.2) is 17.3 Å². The molecule has 230 valence electrons. The van der Waals surface area contributed by atoms with Gasteiger partial charge in [-0.1, -0.05) is 26.0 Å². The highest BCUT2D eigenvalue weighted by Gasteiger charge is 2.34. The van der Waals surface area contributed by atoms with Crippen LogP contribution in [0, 0.1) is 12.7 Å². The van der Waals surface area contributed by atoms with Crippen LogP contribution in [-0.4, -0.2) is 26.2 Å². The maximum atomic E-state index is 14.8. The number of aliphatic hydroxyl groups excluding tert-OH is 1. The van der Waals surface area contributed by atoms with E-state index in [4.69, 9.17) is 4.42 Å². The number of halogens is 7. The molecule has 0 bridgehead atoms. The van der Waals surface area contributed by atoms with Gasteiger partial charge in [-0.25, -0.2) is 14.1 Å². The zero-order valence-electron chi connectivity index (χ0n) is 23.4. The highest BCUT2D eigenvalue weighted by molar-refractivity contribution is 5.85. The minimum atomic E-state index is -4.90. The molecule has 0 aliphatic heterocycles. The molecule has 2 heterocycles. The van der Waals surface area contributed by atoms with Crippen molar-refractivity contribution >= 4 is 0 Å². The van der Waals surface area contributed by atoms with E-state index >= 15 is 0 Å². The standard InChI is InChI=1S/C31H24F7N3O3/c1-16(2)29-39-27(28(43-29)18-4-7-21(8-5-18)44-31(36,37)38)22-13-19(20-12-17(3)23(15-42)24(32)14-20)6-9-25(22)41-11-10-26(40-41)30(33,34)35/h4-14,16,42H,15H2,1-3H3. The van der Waals surface area contributed by atoms with Crippen molar-refractivity contribution in [1.29, 1.82) is 0 Å². The Bertz CT molecular complexity index is 1780. The molecule has 0 saturated heterocycles. The summed E-state index contributed by atoms with van der Waals surface area (Å²) in [5.74, 6) is -0.958. The fourth-order valence-electron chi connectivity index (χ4n) is 4.63. The quantitative estimate of drug-likeness (QED) is 0.184. The van der Waals surface area contributed by atoms with Crippen molar-refractivity contribution < 1.29 is 45.0 Å². The number of alkyl halides is 6. The Morgan fingerprint density at radius 3 is 2.16 bits per heavy atom. The zero-order valence-corrected chi connectivity index (χ0v) is 23.4. The van der Waals surface area contributed by atoms with E-state index in [0.29, 0.717) is 22.3 Å². The Hall–Kier alpha value is -4.65. The predicted molar refractivity (Wildman–Crippen MR) is 146 cm³/mol. The van der Waals surface area contributed by atoms with Gasteiger partial charge < -0.3 is 14.3 Å². The van der Waals surface area contributed by atoms with Gasteiger partial charge in [0.1, 0.15) is 17.3 Å². The van der Waals surface area contributed by atoms with Crippen LogP contribution in [0.15, 0.2) is 71.3 Å². The van der Waals surface area contributed by atoms with Crippen molar-refractivity contribution in [2.75, 3.05) is 0 Å². The summed E-state index contributed by atoms with van der Waals surface area (Å²) in [6.07, 6.45) is -8.47. The largest absolute Gasteiger partial charge is 0.573 e. The Morgan fingerprint density at radius 1 is 0.909 bits per heavy atom. The lowest BCUT2D eigenvalue weighted by atomic mass is 9.95. The number of hydrogen-bond acceptors (Lipinski definition) is 5. The SMILES string of the molecule is Cc1cc(-c2ccc(-n3ccc(C(F)(F)F)n3)c(-c3nc(C(C)C)oc3-c3ccc(OC(F)(F)F)cc3)c2)cc(F)c1CO. The van der Waals surface area contributed by atoms with Crippen molar-refractivity contribution in [3.8, 4) is 45.1 Å². The van der Waals surface area contributed by atoms with Gasteiger partial charge in [-0.15, -0.1) is 13.2 Å². The number of ether oxygens (including phenoxy) is 1. The molecule has 2 aromatic heterocycles. The number of aliphatic hydroxyl groups is 1. The fourth-order valence-corrected chi connectivity index (χ4v) is 4.63. The van der Waals surface area contributed by atoms with Crippen molar-refractivity contribution in [3.63, 3.8) is 0 Å². The summed E-state index contributed by atoms with van der Waals surface area (Å²) in [5, 5.41) is 13.2. The Kier molecular flexibility index (Phi) is 8.02. The van der Waals surface area contributed by atoms with E-state index in [1.807, 2.05) is 0 Å². The van der Waals surface area contributed by atoms with Gasteiger partial charge in [0.2, 0.25) is 0 Å². The summed E-state index contributed by atoms with van der Waals surface area (Å²) >= 11 is 0. The summed E-state index contributed by atoms with van der Waals surface area (Å²) in [5.41, 5.74) is 1.28. The van der Waals surface area contributed by atoms with E-state index < -0.39 is 36.4 Å². The van der Waals surface area contributed by atoms with Gasteiger partial charge in [0.05, 0.1) is 12.3 Å². The first kappa shape index (κ1) is 30.8. The number of rotatable bonds is 7. The normalized spacial score (nSPS) is 12.3. The number of oxazole rings is 1. The average molecular weight is 620 g/mol. The van der Waals surface area contributed by atoms with Crippen molar-refractivity contribution in [1.82, 2.24) is 14.8 Å². The zero-order chi connectivity index (χ0) is 32.0. The molecule has 3 aromatic carbocycles. The fraction of sp³-hybridized carbons (Fsp3) is 0.226. The van der Waals surface area contributed by atoms with E-state index in [1.165, 1.54) is 24.3 Å². The van der Waals surface area contributed by atoms with Crippen LogP contribution in [0.1, 0.15) is 42.5 Å². The van der Waals surface area contributed by atoms with Crippen LogP contribution < -0.4 is 4.74 Å². The molecule has 0 atom stereocenters. The van der Waals surface area contributed by atoms with Gasteiger partial charge in [-0.05, 0) is 72.1 Å².